The maximum atomic E-state index is 11.4. The Morgan fingerprint density at radius 2 is 1.75 bits per heavy atom. The second-order valence-corrected chi connectivity index (χ2v) is 6.18. The van der Waals surface area contributed by atoms with E-state index in [9.17, 15) is 22.8 Å². The molecule has 0 saturated carbocycles. The Kier molecular flexibility index (Phi) is 9.12. The van der Waals surface area contributed by atoms with Gasteiger partial charge in [-0.05, 0) is 39.9 Å². The standard InChI is InChI=1S/C11H20N2O3S.C2HF3O2/c1-3-16-10(15)9(14)12-8-11(17)4-6-13(2)7-5-11;3-2(4,5)1(6)7/h17H,3-8H2,1-2H3,(H,12,14);(H,6,7). The number of carbonyl (C=O) groups excluding carboxylic acids is 2. The molecule has 0 aromatic rings. The highest BCUT2D eigenvalue weighted by Crippen LogP contribution is 2.27. The van der Waals surface area contributed by atoms with E-state index in [1.165, 1.54) is 0 Å². The molecule has 140 valence electrons. The molecule has 24 heavy (non-hydrogen) atoms. The summed E-state index contributed by atoms with van der Waals surface area (Å²) in [5.74, 6) is -4.26. The van der Waals surface area contributed by atoms with Gasteiger partial charge >= 0.3 is 24.0 Å². The number of esters is 1. The van der Waals surface area contributed by atoms with Gasteiger partial charge in [-0.2, -0.15) is 25.8 Å². The molecular formula is C13H21F3N2O5S. The third kappa shape index (κ3) is 8.96. The summed E-state index contributed by atoms with van der Waals surface area (Å²) in [5, 5.41) is 9.71. The fourth-order valence-corrected chi connectivity index (χ4v) is 2.00. The van der Waals surface area contributed by atoms with Crippen molar-refractivity contribution in [1.82, 2.24) is 10.2 Å². The van der Waals surface area contributed by atoms with Crippen LogP contribution in [0.25, 0.3) is 0 Å². The van der Waals surface area contributed by atoms with Gasteiger partial charge in [0, 0.05) is 11.3 Å². The van der Waals surface area contributed by atoms with E-state index >= 15 is 0 Å². The minimum absolute atomic E-state index is 0.211. The molecule has 1 saturated heterocycles. The number of carbonyl (C=O) groups is 3. The fraction of sp³-hybridized carbons (Fsp3) is 0.769. The SMILES string of the molecule is CCOC(=O)C(=O)NCC1(S)CCN(C)CC1.O=C(O)C(F)(F)F. The summed E-state index contributed by atoms with van der Waals surface area (Å²) in [6.45, 7) is 4.20. The first kappa shape index (κ1) is 22.5. The number of hydrogen-bond donors (Lipinski definition) is 3. The van der Waals surface area contributed by atoms with Crippen molar-refractivity contribution in [2.75, 3.05) is 33.3 Å². The predicted molar refractivity (Wildman–Crippen MR) is 81.8 cm³/mol. The highest BCUT2D eigenvalue weighted by atomic mass is 32.1. The molecule has 0 bridgehead atoms. The highest BCUT2D eigenvalue weighted by molar-refractivity contribution is 7.81. The number of halogens is 3. The van der Waals surface area contributed by atoms with Crippen molar-refractivity contribution in [3.05, 3.63) is 0 Å². The molecule has 0 aromatic heterocycles. The maximum absolute atomic E-state index is 11.4. The monoisotopic (exact) mass is 374 g/mol. The van der Waals surface area contributed by atoms with Crippen LogP contribution in [0.2, 0.25) is 0 Å². The molecule has 0 aliphatic carbocycles. The van der Waals surface area contributed by atoms with E-state index < -0.39 is 24.0 Å². The summed E-state index contributed by atoms with van der Waals surface area (Å²) in [5.41, 5.74) is 0. The van der Waals surface area contributed by atoms with Gasteiger partial charge in [-0.25, -0.2) is 9.59 Å². The quantitative estimate of drug-likeness (QED) is 0.382. The van der Waals surface area contributed by atoms with E-state index in [4.69, 9.17) is 9.90 Å². The molecule has 2 N–H and O–H groups in total. The lowest BCUT2D eigenvalue weighted by Crippen LogP contribution is -2.48. The Morgan fingerprint density at radius 1 is 1.29 bits per heavy atom. The molecule has 1 fully saturated rings. The third-order valence-electron chi connectivity index (χ3n) is 3.20. The second-order valence-electron chi connectivity index (χ2n) is 5.23. The second kappa shape index (κ2) is 9.72. The summed E-state index contributed by atoms with van der Waals surface area (Å²) in [6.07, 6.45) is -3.29. The van der Waals surface area contributed by atoms with Crippen molar-refractivity contribution in [2.45, 2.75) is 30.7 Å². The normalized spacial score (nSPS) is 17.2. The lowest BCUT2D eigenvalue weighted by Gasteiger charge is -2.36. The van der Waals surface area contributed by atoms with Gasteiger partial charge in [0.25, 0.3) is 0 Å². The highest BCUT2D eigenvalue weighted by Gasteiger charge is 2.38. The van der Waals surface area contributed by atoms with E-state index in [0.717, 1.165) is 25.9 Å². The largest absolute Gasteiger partial charge is 0.490 e. The number of thiol groups is 1. The van der Waals surface area contributed by atoms with Crippen LogP contribution in [0.3, 0.4) is 0 Å². The first-order valence-electron chi connectivity index (χ1n) is 7.07. The van der Waals surface area contributed by atoms with Crippen molar-refractivity contribution < 1.29 is 37.4 Å². The lowest BCUT2D eigenvalue weighted by molar-refractivity contribution is -0.192. The minimum Gasteiger partial charge on any atom is -0.475 e. The number of nitrogens with one attached hydrogen (secondary N) is 1. The molecule has 1 rings (SSSR count). The molecule has 0 spiro atoms. The first-order valence-corrected chi connectivity index (χ1v) is 7.52. The van der Waals surface area contributed by atoms with Crippen molar-refractivity contribution in [3.8, 4) is 0 Å². The zero-order valence-electron chi connectivity index (χ0n) is 13.4. The summed E-state index contributed by atoms with van der Waals surface area (Å²) in [6, 6.07) is 0. The van der Waals surface area contributed by atoms with E-state index in [-0.39, 0.29) is 11.4 Å². The van der Waals surface area contributed by atoms with E-state index in [0.29, 0.717) is 6.54 Å². The van der Waals surface area contributed by atoms with Gasteiger partial charge in [0.05, 0.1) is 6.61 Å². The molecule has 0 radical (unpaired) electrons. The van der Waals surface area contributed by atoms with Gasteiger partial charge in [-0.1, -0.05) is 0 Å². The van der Waals surface area contributed by atoms with E-state index in [1.54, 1.807) is 6.92 Å². The number of alkyl halides is 3. The van der Waals surface area contributed by atoms with E-state index in [1.807, 2.05) is 0 Å². The zero-order chi connectivity index (χ0) is 19.0. The molecule has 11 heteroatoms. The molecule has 1 heterocycles. The Morgan fingerprint density at radius 3 is 2.12 bits per heavy atom. The molecule has 1 amide bonds. The number of piperidine rings is 1. The minimum atomic E-state index is -5.08. The predicted octanol–water partition coefficient (Wildman–Crippen LogP) is 0.693. The van der Waals surface area contributed by atoms with Crippen molar-refractivity contribution >= 4 is 30.5 Å². The van der Waals surface area contributed by atoms with Crippen LogP contribution >= 0.6 is 12.6 Å². The average molecular weight is 374 g/mol. The molecule has 0 atom stereocenters. The summed E-state index contributed by atoms with van der Waals surface area (Å²) in [4.78, 5) is 33.6. The van der Waals surface area contributed by atoms with Crippen LogP contribution in [0, 0.1) is 0 Å². The lowest BCUT2D eigenvalue weighted by atomic mass is 9.96. The van der Waals surface area contributed by atoms with Gasteiger partial charge in [0.2, 0.25) is 0 Å². The van der Waals surface area contributed by atoms with Gasteiger partial charge in [-0.15, -0.1) is 0 Å². The Balaban J connectivity index is 0.000000640. The number of hydrogen-bond acceptors (Lipinski definition) is 6. The van der Waals surface area contributed by atoms with Crippen LogP contribution in [0.15, 0.2) is 0 Å². The molecule has 0 aromatic carbocycles. The third-order valence-corrected chi connectivity index (χ3v) is 3.80. The van der Waals surface area contributed by atoms with Gasteiger partial charge in [0.1, 0.15) is 0 Å². The van der Waals surface area contributed by atoms with Gasteiger partial charge in [0.15, 0.2) is 0 Å². The molecule has 7 nitrogen and oxygen atoms in total. The topological polar surface area (TPSA) is 95.9 Å². The smallest absolute Gasteiger partial charge is 0.475 e. The van der Waals surface area contributed by atoms with Crippen molar-refractivity contribution in [1.29, 1.82) is 0 Å². The number of carboxylic acids is 1. The van der Waals surface area contributed by atoms with Crippen molar-refractivity contribution in [3.63, 3.8) is 0 Å². The summed E-state index contributed by atoms with van der Waals surface area (Å²) in [7, 11) is 2.06. The summed E-state index contributed by atoms with van der Waals surface area (Å²) < 4.78 is 36.1. The van der Waals surface area contributed by atoms with Crippen LogP contribution in [0.5, 0.6) is 0 Å². The Bertz CT molecular complexity index is 451. The van der Waals surface area contributed by atoms with Crippen LogP contribution in [0.4, 0.5) is 13.2 Å². The number of likely N-dealkylation sites (tertiary alicyclic amines) is 1. The van der Waals surface area contributed by atoms with Crippen LogP contribution in [-0.2, 0) is 19.1 Å². The fourth-order valence-electron chi connectivity index (χ4n) is 1.73. The Labute approximate surface area is 142 Å². The number of aliphatic carboxylic acids is 1. The van der Waals surface area contributed by atoms with Crippen LogP contribution in [-0.4, -0.2) is 72.1 Å². The average Bonchev–Trinajstić information content (AvgIpc) is 2.48. The van der Waals surface area contributed by atoms with Crippen molar-refractivity contribution in [2.24, 2.45) is 0 Å². The van der Waals surface area contributed by atoms with E-state index in [2.05, 4.69) is 34.6 Å². The number of rotatable bonds is 3. The van der Waals surface area contributed by atoms with Crippen LogP contribution < -0.4 is 5.32 Å². The number of nitrogens with zero attached hydrogens (tertiary/aromatic N) is 1. The Hall–Kier alpha value is -1.49. The summed E-state index contributed by atoms with van der Waals surface area (Å²) >= 11 is 4.59. The zero-order valence-corrected chi connectivity index (χ0v) is 14.2. The maximum Gasteiger partial charge on any atom is 0.490 e. The first-order chi connectivity index (χ1) is 10.9. The molecule has 1 aliphatic rings. The van der Waals surface area contributed by atoms with Gasteiger partial charge in [-0.3, -0.25) is 4.79 Å². The molecule has 1 aliphatic heterocycles. The van der Waals surface area contributed by atoms with Gasteiger partial charge < -0.3 is 20.1 Å². The number of ether oxygens (including phenoxy) is 1. The molecule has 0 unspecified atom stereocenters. The van der Waals surface area contributed by atoms with Crippen LogP contribution in [0.1, 0.15) is 19.8 Å². The molecular weight excluding hydrogens is 353 g/mol. The number of amides is 1. The number of carboxylic acid groups (broad SMARTS) is 1.